The molecule has 0 radical (unpaired) electrons. The van der Waals surface area contributed by atoms with Crippen molar-refractivity contribution in [3.8, 4) is 0 Å². The van der Waals surface area contributed by atoms with Crippen molar-refractivity contribution < 1.29 is 14.7 Å². The van der Waals surface area contributed by atoms with Crippen LogP contribution in [0.25, 0.3) is 0 Å². The quantitative estimate of drug-likeness (QED) is 0.820. The van der Waals surface area contributed by atoms with Crippen LogP contribution in [0.15, 0.2) is 29.2 Å². The predicted molar refractivity (Wildman–Crippen MR) is 74.5 cm³/mol. The van der Waals surface area contributed by atoms with Gasteiger partial charge in [-0.05, 0) is 44.0 Å². The number of aliphatic carboxylic acids is 1. The summed E-state index contributed by atoms with van der Waals surface area (Å²) in [6.45, 7) is 1.76. The molecule has 1 unspecified atom stereocenters. The van der Waals surface area contributed by atoms with Crippen LogP contribution in [-0.4, -0.2) is 27.8 Å². The lowest BCUT2D eigenvalue weighted by Crippen LogP contribution is -2.46. The molecule has 1 atom stereocenters. The molecular weight excluding hydrogens is 286 g/mol. The van der Waals surface area contributed by atoms with Crippen molar-refractivity contribution in [2.45, 2.75) is 35.4 Å². The SMILES string of the molecule is CC(Sc1ccc(Cl)cc1)C(=O)NC1(C(=O)O)CC1. The van der Waals surface area contributed by atoms with Crippen molar-refractivity contribution in [1.82, 2.24) is 5.32 Å². The molecule has 4 nitrogen and oxygen atoms in total. The third kappa shape index (κ3) is 3.42. The minimum absolute atomic E-state index is 0.250. The average molecular weight is 300 g/mol. The number of benzene rings is 1. The number of thioether (sulfide) groups is 1. The van der Waals surface area contributed by atoms with E-state index in [0.29, 0.717) is 17.9 Å². The van der Waals surface area contributed by atoms with E-state index in [2.05, 4.69) is 5.32 Å². The molecule has 0 aromatic heterocycles. The number of hydrogen-bond donors (Lipinski definition) is 2. The lowest BCUT2D eigenvalue weighted by Gasteiger charge is -2.16. The molecule has 1 aromatic carbocycles. The van der Waals surface area contributed by atoms with Gasteiger partial charge in [-0.3, -0.25) is 4.79 Å². The topological polar surface area (TPSA) is 66.4 Å². The molecule has 1 aromatic rings. The van der Waals surface area contributed by atoms with E-state index in [9.17, 15) is 9.59 Å². The fourth-order valence-electron chi connectivity index (χ4n) is 1.63. The Bertz CT molecular complexity index is 499. The summed E-state index contributed by atoms with van der Waals surface area (Å²) in [6, 6.07) is 7.18. The maximum Gasteiger partial charge on any atom is 0.329 e. The summed E-state index contributed by atoms with van der Waals surface area (Å²) in [5, 5.41) is 11.9. The molecule has 1 aliphatic carbocycles. The molecule has 0 heterocycles. The average Bonchev–Trinajstić information content (AvgIpc) is 3.13. The number of carboxylic acids is 1. The molecule has 1 aliphatic rings. The van der Waals surface area contributed by atoms with E-state index in [-0.39, 0.29) is 11.2 Å². The first kappa shape index (κ1) is 14.2. The summed E-state index contributed by atoms with van der Waals surface area (Å²) >= 11 is 7.16. The second-order valence-corrected chi connectivity index (χ2v) is 6.44. The van der Waals surface area contributed by atoms with E-state index in [1.165, 1.54) is 11.8 Å². The van der Waals surface area contributed by atoms with Crippen molar-refractivity contribution in [3.05, 3.63) is 29.3 Å². The number of carboxylic acid groups (broad SMARTS) is 1. The minimum atomic E-state index is -1.02. The monoisotopic (exact) mass is 299 g/mol. The maximum atomic E-state index is 12.0. The first-order chi connectivity index (χ1) is 8.93. The summed E-state index contributed by atoms with van der Waals surface area (Å²) < 4.78 is 0. The van der Waals surface area contributed by atoms with Gasteiger partial charge < -0.3 is 10.4 Å². The van der Waals surface area contributed by atoms with E-state index in [4.69, 9.17) is 16.7 Å². The lowest BCUT2D eigenvalue weighted by atomic mass is 10.2. The summed E-state index contributed by atoms with van der Waals surface area (Å²) in [5.41, 5.74) is -1.02. The molecular formula is C13H14ClNO3S. The van der Waals surface area contributed by atoms with Crippen molar-refractivity contribution in [3.63, 3.8) is 0 Å². The number of carbonyl (C=O) groups excluding carboxylic acids is 1. The zero-order valence-corrected chi connectivity index (χ0v) is 11.9. The van der Waals surface area contributed by atoms with Gasteiger partial charge >= 0.3 is 5.97 Å². The van der Waals surface area contributed by atoms with Gasteiger partial charge in [-0.2, -0.15) is 0 Å². The van der Waals surface area contributed by atoms with Crippen LogP contribution in [0.5, 0.6) is 0 Å². The van der Waals surface area contributed by atoms with Crippen LogP contribution in [-0.2, 0) is 9.59 Å². The van der Waals surface area contributed by atoms with Gasteiger partial charge in [0.05, 0.1) is 5.25 Å². The van der Waals surface area contributed by atoms with Gasteiger partial charge in [0.2, 0.25) is 5.91 Å². The number of amides is 1. The lowest BCUT2D eigenvalue weighted by molar-refractivity contribution is -0.143. The highest BCUT2D eigenvalue weighted by Crippen LogP contribution is 2.36. The Hall–Kier alpha value is -1.20. The Balaban J connectivity index is 1.93. The van der Waals surface area contributed by atoms with E-state index in [1.807, 2.05) is 12.1 Å². The largest absolute Gasteiger partial charge is 0.480 e. The number of carbonyl (C=O) groups is 2. The molecule has 1 fully saturated rings. The van der Waals surface area contributed by atoms with Gasteiger partial charge in [0.25, 0.3) is 0 Å². The second-order valence-electron chi connectivity index (χ2n) is 4.59. The Morgan fingerprint density at radius 1 is 1.37 bits per heavy atom. The molecule has 0 spiro atoms. The highest BCUT2D eigenvalue weighted by molar-refractivity contribution is 8.00. The van der Waals surface area contributed by atoms with E-state index in [0.717, 1.165) is 4.90 Å². The van der Waals surface area contributed by atoms with Gasteiger partial charge in [-0.25, -0.2) is 4.79 Å². The first-order valence-corrected chi connectivity index (χ1v) is 7.16. The molecule has 2 rings (SSSR count). The Morgan fingerprint density at radius 2 is 1.95 bits per heavy atom. The van der Waals surface area contributed by atoms with Crippen molar-refractivity contribution in [2.24, 2.45) is 0 Å². The van der Waals surface area contributed by atoms with Crippen LogP contribution in [0, 0.1) is 0 Å². The number of hydrogen-bond acceptors (Lipinski definition) is 3. The van der Waals surface area contributed by atoms with Crippen LogP contribution >= 0.6 is 23.4 Å². The van der Waals surface area contributed by atoms with Crippen LogP contribution in [0.1, 0.15) is 19.8 Å². The van der Waals surface area contributed by atoms with Crippen molar-refractivity contribution >= 4 is 35.2 Å². The number of nitrogens with one attached hydrogen (secondary N) is 1. The second kappa shape index (κ2) is 5.43. The molecule has 1 saturated carbocycles. The summed E-state index contributed by atoms with van der Waals surface area (Å²) in [7, 11) is 0. The maximum absolute atomic E-state index is 12.0. The smallest absolute Gasteiger partial charge is 0.329 e. The Kier molecular flexibility index (Phi) is 4.06. The predicted octanol–water partition coefficient (Wildman–Crippen LogP) is 2.55. The Morgan fingerprint density at radius 3 is 2.42 bits per heavy atom. The third-order valence-electron chi connectivity index (χ3n) is 3.02. The van der Waals surface area contributed by atoms with E-state index < -0.39 is 11.5 Å². The molecule has 0 bridgehead atoms. The molecule has 1 amide bonds. The summed E-state index contributed by atoms with van der Waals surface area (Å²) in [5.74, 6) is -1.20. The summed E-state index contributed by atoms with van der Waals surface area (Å²) in [4.78, 5) is 23.9. The fourth-order valence-corrected chi connectivity index (χ4v) is 2.62. The van der Waals surface area contributed by atoms with Gasteiger partial charge in [0, 0.05) is 9.92 Å². The van der Waals surface area contributed by atoms with Crippen LogP contribution in [0.2, 0.25) is 5.02 Å². The number of halogens is 1. The van der Waals surface area contributed by atoms with E-state index in [1.54, 1.807) is 19.1 Å². The van der Waals surface area contributed by atoms with Crippen molar-refractivity contribution in [1.29, 1.82) is 0 Å². The summed E-state index contributed by atoms with van der Waals surface area (Å²) in [6.07, 6.45) is 1.01. The van der Waals surface area contributed by atoms with Gasteiger partial charge in [0.15, 0.2) is 0 Å². The first-order valence-electron chi connectivity index (χ1n) is 5.91. The van der Waals surface area contributed by atoms with Gasteiger partial charge in [-0.15, -0.1) is 11.8 Å². The molecule has 2 N–H and O–H groups in total. The Labute approximate surface area is 120 Å². The van der Waals surface area contributed by atoms with Crippen LogP contribution in [0.4, 0.5) is 0 Å². The fraction of sp³-hybridized carbons (Fsp3) is 0.385. The normalized spacial score (nSPS) is 17.6. The molecule has 102 valence electrons. The van der Waals surface area contributed by atoms with E-state index >= 15 is 0 Å². The zero-order valence-electron chi connectivity index (χ0n) is 10.4. The van der Waals surface area contributed by atoms with Crippen LogP contribution in [0.3, 0.4) is 0 Å². The highest BCUT2D eigenvalue weighted by atomic mass is 35.5. The minimum Gasteiger partial charge on any atom is -0.480 e. The van der Waals surface area contributed by atoms with Crippen LogP contribution < -0.4 is 5.32 Å². The van der Waals surface area contributed by atoms with Crippen molar-refractivity contribution in [2.75, 3.05) is 0 Å². The molecule has 0 aliphatic heterocycles. The highest BCUT2D eigenvalue weighted by Gasteiger charge is 2.52. The number of rotatable bonds is 5. The zero-order chi connectivity index (χ0) is 14.0. The standard InChI is InChI=1S/C13H14ClNO3S/c1-8(19-10-4-2-9(14)3-5-10)11(16)15-13(6-7-13)12(17)18/h2-5,8H,6-7H2,1H3,(H,15,16)(H,17,18). The molecule has 19 heavy (non-hydrogen) atoms. The van der Waals surface area contributed by atoms with Gasteiger partial charge in [0.1, 0.15) is 5.54 Å². The van der Waals surface area contributed by atoms with Gasteiger partial charge in [-0.1, -0.05) is 11.6 Å². The third-order valence-corrected chi connectivity index (χ3v) is 4.38. The molecule has 6 heteroatoms. The molecule has 0 saturated heterocycles.